The van der Waals surface area contributed by atoms with E-state index in [0.29, 0.717) is 19.0 Å². The first-order valence-corrected chi connectivity index (χ1v) is 4.94. The van der Waals surface area contributed by atoms with Crippen LogP contribution in [0.5, 0.6) is 0 Å². The molecule has 1 heterocycles. The quantitative estimate of drug-likeness (QED) is 0.748. The van der Waals surface area contributed by atoms with E-state index in [0.717, 1.165) is 0 Å². The van der Waals surface area contributed by atoms with Crippen molar-refractivity contribution in [2.45, 2.75) is 0 Å². The van der Waals surface area contributed by atoms with Crippen molar-refractivity contribution in [1.82, 2.24) is 9.97 Å². The van der Waals surface area contributed by atoms with E-state index in [2.05, 4.69) is 15.3 Å². The van der Waals surface area contributed by atoms with Crippen molar-refractivity contribution in [2.24, 2.45) is 0 Å². The number of amides is 1. The normalized spacial score (nSPS) is 10.1. The summed E-state index contributed by atoms with van der Waals surface area (Å²) in [6.07, 6.45) is 2.72. The van der Waals surface area contributed by atoms with Crippen LogP contribution in [0.4, 0.5) is 5.82 Å². The van der Waals surface area contributed by atoms with Gasteiger partial charge in [-0.05, 0) is 0 Å². The van der Waals surface area contributed by atoms with E-state index in [9.17, 15) is 4.79 Å². The molecule has 0 saturated carbocycles. The third-order valence-corrected chi connectivity index (χ3v) is 1.75. The zero-order valence-electron chi connectivity index (χ0n) is 8.77. The predicted octanol–water partition coefficient (Wildman–Crippen LogP) is 0.731. The smallest absolute Gasteiger partial charge is 0.251 e. The lowest BCUT2D eigenvalue weighted by Crippen LogP contribution is -2.20. The number of hydrogen-bond acceptors (Lipinski definition) is 5. The fourth-order valence-corrected chi connectivity index (χ4v) is 0.960. The minimum absolute atomic E-state index is 0.0479. The van der Waals surface area contributed by atoms with Crippen LogP contribution in [0.1, 0.15) is 0 Å². The molecule has 1 amide bonds. The van der Waals surface area contributed by atoms with Gasteiger partial charge in [0.05, 0.1) is 25.6 Å². The highest BCUT2D eigenvalue weighted by Gasteiger charge is 2.03. The van der Waals surface area contributed by atoms with Gasteiger partial charge in [0.15, 0.2) is 5.82 Å². The average Bonchev–Trinajstić information content (AvgIpc) is 2.28. The lowest BCUT2D eigenvalue weighted by atomic mass is 10.6. The molecule has 1 aromatic rings. The van der Waals surface area contributed by atoms with E-state index in [1.807, 2.05) is 0 Å². The lowest BCUT2D eigenvalue weighted by molar-refractivity contribution is -0.121. The van der Waals surface area contributed by atoms with Gasteiger partial charge in [-0.25, -0.2) is 9.97 Å². The van der Waals surface area contributed by atoms with E-state index in [-0.39, 0.29) is 17.7 Å². The summed E-state index contributed by atoms with van der Waals surface area (Å²) in [6.45, 7) is 0.776. The Morgan fingerprint density at radius 1 is 1.44 bits per heavy atom. The van der Waals surface area contributed by atoms with Crippen LogP contribution in [0, 0.1) is 0 Å². The summed E-state index contributed by atoms with van der Waals surface area (Å²) in [5, 5.41) is 2.78. The molecule has 0 bridgehead atoms. The first-order chi connectivity index (χ1) is 7.72. The number of hydrogen-bond donors (Lipinski definition) is 1. The van der Waals surface area contributed by atoms with Crippen molar-refractivity contribution in [3.8, 4) is 0 Å². The number of halogens is 1. The summed E-state index contributed by atoms with van der Waals surface area (Å²) in [7, 11) is 1.56. The number of rotatable bonds is 6. The van der Waals surface area contributed by atoms with E-state index in [1.54, 1.807) is 7.11 Å². The first-order valence-electron chi connectivity index (χ1n) is 4.56. The second-order valence-electron chi connectivity index (χ2n) is 2.82. The molecular weight excluding hydrogens is 234 g/mol. The molecule has 0 atom stereocenters. The SMILES string of the molecule is COCCOCC(=O)Nc1cnc(Cl)cn1. The molecule has 7 heteroatoms. The molecule has 0 radical (unpaired) electrons. The number of anilines is 1. The number of carbonyl (C=O) groups excluding carboxylic acids is 1. The molecule has 0 aliphatic rings. The number of nitrogens with zero attached hydrogens (tertiary/aromatic N) is 2. The Morgan fingerprint density at radius 2 is 2.25 bits per heavy atom. The minimum Gasteiger partial charge on any atom is -0.382 e. The van der Waals surface area contributed by atoms with Crippen LogP contribution in [0.3, 0.4) is 0 Å². The maximum atomic E-state index is 11.3. The molecule has 0 unspecified atom stereocenters. The largest absolute Gasteiger partial charge is 0.382 e. The first kappa shape index (κ1) is 12.8. The van der Waals surface area contributed by atoms with Crippen LogP contribution < -0.4 is 5.32 Å². The van der Waals surface area contributed by atoms with Gasteiger partial charge < -0.3 is 14.8 Å². The van der Waals surface area contributed by atoms with Crippen LogP contribution in [0.2, 0.25) is 5.15 Å². The zero-order valence-corrected chi connectivity index (χ0v) is 9.53. The Labute approximate surface area is 97.9 Å². The number of carbonyl (C=O) groups is 1. The predicted molar refractivity (Wildman–Crippen MR) is 58.4 cm³/mol. The number of aromatic nitrogens is 2. The van der Waals surface area contributed by atoms with Gasteiger partial charge in [0, 0.05) is 7.11 Å². The van der Waals surface area contributed by atoms with Gasteiger partial charge in [0.1, 0.15) is 11.8 Å². The summed E-state index contributed by atoms with van der Waals surface area (Å²) in [5.74, 6) is 0.0393. The standard InChI is InChI=1S/C9H12ClN3O3/c1-15-2-3-16-6-9(14)13-8-5-11-7(10)4-12-8/h4-5H,2-3,6H2,1H3,(H,12,13,14). The van der Waals surface area contributed by atoms with E-state index >= 15 is 0 Å². The molecule has 0 fully saturated rings. The second-order valence-corrected chi connectivity index (χ2v) is 3.21. The molecule has 1 rings (SSSR count). The molecule has 6 nitrogen and oxygen atoms in total. The zero-order chi connectivity index (χ0) is 11.8. The molecule has 0 aliphatic carbocycles. The number of nitrogens with one attached hydrogen (secondary N) is 1. The van der Waals surface area contributed by atoms with Crippen molar-refractivity contribution in [3.63, 3.8) is 0 Å². The summed E-state index contributed by atoms with van der Waals surface area (Å²) in [6, 6.07) is 0. The Bertz CT molecular complexity index is 331. The fraction of sp³-hybridized carbons (Fsp3) is 0.444. The average molecular weight is 246 g/mol. The van der Waals surface area contributed by atoms with Crippen LogP contribution in [-0.4, -0.2) is 42.8 Å². The van der Waals surface area contributed by atoms with Gasteiger partial charge >= 0.3 is 0 Å². The number of ether oxygens (including phenoxy) is 2. The maximum absolute atomic E-state index is 11.3. The van der Waals surface area contributed by atoms with Crippen molar-refractivity contribution >= 4 is 23.3 Å². The second kappa shape index (κ2) is 7.10. The monoisotopic (exact) mass is 245 g/mol. The van der Waals surface area contributed by atoms with Crippen LogP contribution in [0.15, 0.2) is 12.4 Å². The van der Waals surface area contributed by atoms with E-state index < -0.39 is 0 Å². The summed E-state index contributed by atoms with van der Waals surface area (Å²) in [5.41, 5.74) is 0. The van der Waals surface area contributed by atoms with Gasteiger partial charge in [0.25, 0.3) is 5.91 Å². The minimum atomic E-state index is -0.298. The molecular formula is C9H12ClN3O3. The van der Waals surface area contributed by atoms with Crippen LogP contribution in [0.25, 0.3) is 0 Å². The Kier molecular flexibility index (Phi) is 5.69. The highest BCUT2D eigenvalue weighted by Crippen LogP contribution is 2.04. The summed E-state index contributed by atoms with van der Waals surface area (Å²) >= 11 is 5.54. The number of methoxy groups -OCH3 is 1. The van der Waals surface area contributed by atoms with E-state index in [1.165, 1.54) is 12.4 Å². The highest BCUT2D eigenvalue weighted by molar-refractivity contribution is 6.29. The Balaban J connectivity index is 2.26. The van der Waals surface area contributed by atoms with Gasteiger partial charge in [-0.1, -0.05) is 11.6 Å². The fourth-order valence-electron chi connectivity index (χ4n) is 0.863. The van der Waals surface area contributed by atoms with Crippen molar-refractivity contribution in [2.75, 3.05) is 32.2 Å². The Morgan fingerprint density at radius 3 is 2.88 bits per heavy atom. The van der Waals surface area contributed by atoms with Crippen molar-refractivity contribution in [1.29, 1.82) is 0 Å². The maximum Gasteiger partial charge on any atom is 0.251 e. The molecule has 0 aliphatic heterocycles. The molecule has 0 spiro atoms. The van der Waals surface area contributed by atoms with Crippen LogP contribution >= 0.6 is 11.6 Å². The van der Waals surface area contributed by atoms with Crippen LogP contribution in [-0.2, 0) is 14.3 Å². The molecule has 88 valence electrons. The highest BCUT2D eigenvalue weighted by atomic mass is 35.5. The van der Waals surface area contributed by atoms with Crippen molar-refractivity contribution < 1.29 is 14.3 Å². The summed E-state index contributed by atoms with van der Waals surface area (Å²) < 4.78 is 9.78. The third-order valence-electron chi connectivity index (χ3n) is 1.55. The van der Waals surface area contributed by atoms with E-state index in [4.69, 9.17) is 21.1 Å². The van der Waals surface area contributed by atoms with Crippen molar-refractivity contribution in [3.05, 3.63) is 17.5 Å². The molecule has 16 heavy (non-hydrogen) atoms. The summed E-state index contributed by atoms with van der Waals surface area (Å²) in [4.78, 5) is 18.9. The van der Waals surface area contributed by atoms with Gasteiger partial charge in [-0.2, -0.15) is 0 Å². The topological polar surface area (TPSA) is 73.3 Å². The van der Waals surface area contributed by atoms with Gasteiger partial charge in [-0.3, -0.25) is 4.79 Å². The molecule has 0 aromatic carbocycles. The molecule has 0 saturated heterocycles. The van der Waals surface area contributed by atoms with Gasteiger partial charge in [-0.15, -0.1) is 0 Å². The molecule has 1 N–H and O–H groups in total. The Hall–Kier alpha value is -1.24. The lowest BCUT2D eigenvalue weighted by Gasteiger charge is -2.04. The van der Waals surface area contributed by atoms with Gasteiger partial charge in [0.2, 0.25) is 0 Å². The third kappa shape index (κ3) is 5.01. The molecule has 1 aromatic heterocycles.